The van der Waals surface area contributed by atoms with E-state index < -0.39 is 0 Å². The first-order valence-corrected chi connectivity index (χ1v) is 5.24. The predicted molar refractivity (Wildman–Crippen MR) is 64.9 cm³/mol. The smallest absolute Gasteiger partial charge is 0.123 e. The molecule has 0 heterocycles. The van der Waals surface area contributed by atoms with Gasteiger partial charge in [0.05, 0.1) is 7.11 Å². The minimum Gasteiger partial charge on any atom is -0.507 e. The Morgan fingerprint density at radius 1 is 1.25 bits per heavy atom. The lowest BCUT2D eigenvalue weighted by molar-refractivity contribution is 0.415. The largest absolute Gasteiger partial charge is 0.507 e. The Kier molecular flexibility index (Phi) is 2.97. The lowest BCUT2D eigenvalue weighted by Crippen LogP contribution is -2.02. The number of nitrogens with two attached hydrogens (primary N) is 1. The zero-order chi connectivity index (χ0) is 11.5. The van der Waals surface area contributed by atoms with Crippen molar-refractivity contribution in [3.8, 4) is 11.5 Å². The Bertz CT molecular complexity index is 509. The number of fused-ring (bicyclic) bond motifs is 1. The molecule has 3 N–H and O–H groups in total. The van der Waals surface area contributed by atoms with Crippen molar-refractivity contribution in [3.05, 3.63) is 35.9 Å². The topological polar surface area (TPSA) is 55.5 Å². The fourth-order valence-corrected chi connectivity index (χ4v) is 1.82. The maximum absolute atomic E-state index is 9.90. The summed E-state index contributed by atoms with van der Waals surface area (Å²) in [4.78, 5) is 0. The second-order valence-corrected chi connectivity index (χ2v) is 3.74. The third-order valence-electron chi connectivity index (χ3n) is 2.63. The molecule has 0 aromatic heterocycles. The number of hydrogen-bond donors (Lipinski definition) is 2. The van der Waals surface area contributed by atoms with E-state index in [0.717, 1.165) is 28.5 Å². The standard InChI is InChI=1S/C13H15NO2/c1-16-11-3-2-10-6-9(4-5-14)7-13(15)12(10)8-11/h2-3,6-8,15H,4-5,14H2,1H3. The Hall–Kier alpha value is -1.74. The van der Waals surface area contributed by atoms with E-state index in [0.29, 0.717) is 6.54 Å². The first-order valence-electron chi connectivity index (χ1n) is 5.24. The lowest BCUT2D eigenvalue weighted by Gasteiger charge is -2.07. The predicted octanol–water partition coefficient (Wildman–Crippen LogP) is 2.06. The normalized spacial score (nSPS) is 10.6. The molecule has 3 nitrogen and oxygen atoms in total. The van der Waals surface area contributed by atoms with Crippen LogP contribution >= 0.6 is 0 Å². The maximum atomic E-state index is 9.90. The van der Waals surface area contributed by atoms with Gasteiger partial charge in [0.25, 0.3) is 0 Å². The molecule has 0 aliphatic carbocycles. The molecule has 84 valence electrons. The van der Waals surface area contributed by atoms with Crippen LogP contribution in [-0.2, 0) is 6.42 Å². The minimum atomic E-state index is 0.278. The molecule has 0 saturated heterocycles. The van der Waals surface area contributed by atoms with Gasteiger partial charge >= 0.3 is 0 Å². The number of methoxy groups -OCH3 is 1. The van der Waals surface area contributed by atoms with E-state index in [1.165, 1.54) is 0 Å². The van der Waals surface area contributed by atoms with Crippen molar-refractivity contribution < 1.29 is 9.84 Å². The molecule has 0 bridgehead atoms. The molecule has 0 fully saturated rings. The molecule has 16 heavy (non-hydrogen) atoms. The van der Waals surface area contributed by atoms with Gasteiger partial charge in [-0.1, -0.05) is 12.1 Å². The quantitative estimate of drug-likeness (QED) is 0.827. The molecule has 0 saturated carbocycles. The highest BCUT2D eigenvalue weighted by Crippen LogP contribution is 2.29. The van der Waals surface area contributed by atoms with Crippen LogP contribution in [0.4, 0.5) is 0 Å². The van der Waals surface area contributed by atoms with Crippen LogP contribution < -0.4 is 10.5 Å². The summed E-state index contributed by atoms with van der Waals surface area (Å²) in [6.07, 6.45) is 0.773. The third-order valence-corrected chi connectivity index (χ3v) is 2.63. The number of ether oxygens (including phenoxy) is 1. The van der Waals surface area contributed by atoms with Gasteiger partial charge in [-0.2, -0.15) is 0 Å². The van der Waals surface area contributed by atoms with Crippen LogP contribution in [0.5, 0.6) is 11.5 Å². The molecule has 0 atom stereocenters. The van der Waals surface area contributed by atoms with Crippen molar-refractivity contribution in [2.75, 3.05) is 13.7 Å². The summed E-state index contributed by atoms with van der Waals surface area (Å²) >= 11 is 0. The van der Waals surface area contributed by atoms with Crippen LogP contribution in [0.25, 0.3) is 10.8 Å². The Labute approximate surface area is 94.5 Å². The van der Waals surface area contributed by atoms with Gasteiger partial charge in [0, 0.05) is 5.39 Å². The van der Waals surface area contributed by atoms with Gasteiger partial charge in [0.2, 0.25) is 0 Å². The van der Waals surface area contributed by atoms with Gasteiger partial charge in [0.1, 0.15) is 11.5 Å². The van der Waals surface area contributed by atoms with Crippen LogP contribution in [0.15, 0.2) is 30.3 Å². The van der Waals surface area contributed by atoms with E-state index in [9.17, 15) is 5.11 Å². The molecular formula is C13H15NO2. The molecule has 3 heteroatoms. The summed E-state index contributed by atoms with van der Waals surface area (Å²) < 4.78 is 5.12. The van der Waals surface area contributed by atoms with Gasteiger partial charge in [-0.25, -0.2) is 0 Å². The summed E-state index contributed by atoms with van der Waals surface area (Å²) in [7, 11) is 1.61. The SMILES string of the molecule is COc1ccc2cc(CCN)cc(O)c2c1. The van der Waals surface area contributed by atoms with Crippen molar-refractivity contribution in [3.63, 3.8) is 0 Å². The van der Waals surface area contributed by atoms with Gasteiger partial charge in [-0.05, 0) is 42.1 Å². The molecule has 2 aromatic rings. The molecule has 2 aromatic carbocycles. The Morgan fingerprint density at radius 2 is 2.06 bits per heavy atom. The highest BCUT2D eigenvalue weighted by Gasteiger charge is 2.04. The van der Waals surface area contributed by atoms with E-state index >= 15 is 0 Å². The highest BCUT2D eigenvalue weighted by molar-refractivity contribution is 5.90. The summed E-state index contributed by atoms with van der Waals surface area (Å²) in [6.45, 7) is 0.584. The van der Waals surface area contributed by atoms with Gasteiger partial charge < -0.3 is 15.6 Å². The molecule has 0 amide bonds. The van der Waals surface area contributed by atoms with E-state index in [1.807, 2.05) is 24.3 Å². The van der Waals surface area contributed by atoms with Crippen molar-refractivity contribution >= 4 is 10.8 Å². The number of rotatable bonds is 3. The van der Waals surface area contributed by atoms with Crippen LogP contribution in [0.2, 0.25) is 0 Å². The molecule has 0 radical (unpaired) electrons. The van der Waals surface area contributed by atoms with Crippen molar-refractivity contribution in [2.24, 2.45) is 5.73 Å². The van der Waals surface area contributed by atoms with Crippen molar-refractivity contribution in [1.82, 2.24) is 0 Å². The highest BCUT2D eigenvalue weighted by atomic mass is 16.5. The third kappa shape index (κ3) is 1.95. The second-order valence-electron chi connectivity index (χ2n) is 3.74. The van der Waals surface area contributed by atoms with Crippen molar-refractivity contribution in [2.45, 2.75) is 6.42 Å². The maximum Gasteiger partial charge on any atom is 0.123 e. The van der Waals surface area contributed by atoms with Crippen LogP contribution in [-0.4, -0.2) is 18.8 Å². The van der Waals surface area contributed by atoms with E-state index in [1.54, 1.807) is 13.2 Å². The minimum absolute atomic E-state index is 0.278. The molecular weight excluding hydrogens is 202 g/mol. The van der Waals surface area contributed by atoms with Gasteiger partial charge in [-0.3, -0.25) is 0 Å². The molecule has 2 rings (SSSR count). The summed E-state index contributed by atoms with van der Waals surface area (Å²) in [5, 5.41) is 11.7. The fraction of sp³-hybridized carbons (Fsp3) is 0.231. The van der Waals surface area contributed by atoms with E-state index in [2.05, 4.69) is 0 Å². The first-order chi connectivity index (χ1) is 7.74. The lowest BCUT2D eigenvalue weighted by atomic mass is 10.0. The monoisotopic (exact) mass is 217 g/mol. The second kappa shape index (κ2) is 4.41. The summed E-state index contributed by atoms with van der Waals surface area (Å²) in [6, 6.07) is 9.45. The number of aromatic hydroxyl groups is 1. The number of benzene rings is 2. The van der Waals surface area contributed by atoms with Crippen LogP contribution in [0.3, 0.4) is 0 Å². The number of hydrogen-bond acceptors (Lipinski definition) is 3. The zero-order valence-electron chi connectivity index (χ0n) is 9.23. The Morgan fingerprint density at radius 3 is 2.75 bits per heavy atom. The molecule has 0 spiro atoms. The average Bonchev–Trinajstić information content (AvgIpc) is 2.29. The fourth-order valence-electron chi connectivity index (χ4n) is 1.82. The van der Waals surface area contributed by atoms with Crippen LogP contribution in [0, 0.1) is 0 Å². The van der Waals surface area contributed by atoms with Crippen LogP contribution in [0.1, 0.15) is 5.56 Å². The summed E-state index contributed by atoms with van der Waals surface area (Å²) in [5.74, 6) is 1.02. The Balaban J connectivity index is 2.57. The first kappa shape index (κ1) is 10.8. The van der Waals surface area contributed by atoms with Crippen molar-refractivity contribution in [1.29, 1.82) is 0 Å². The van der Waals surface area contributed by atoms with Gasteiger partial charge in [-0.15, -0.1) is 0 Å². The number of phenolic OH excluding ortho intramolecular Hbond substituents is 1. The number of phenols is 1. The molecule has 0 aliphatic rings. The average molecular weight is 217 g/mol. The van der Waals surface area contributed by atoms with E-state index in [-0.39, 0.29) is 5.75 Å². The molecule has 0 unspecified atom stereocenters. The summed E-state index contributed by atoms with van der Waals surface area (Å²) in [5.41, 5.74) is 6.55. The van der Waals surface area contributed by atoms with Gasteiger partial charge in [0.15, 0.2) is 0 Å². The zero-order valence-corrected chi connectivity index (χ0v) is 9.23. The molecule has 0 aliphatic heterocycles. The van der Waals surface area contributed by atoms with E-state index in [4.69, 9.17) is 10.5 Å².